The molecule has 0 fully saturated rings. The van der Waals surface area contributed by atoms with Gasteiger partial charge >= 0.3 is 6.09 Å². The van der Waals surface area contributed by atoms with Crippen LogP contribution in [0.4, 0.5) is 10.6 Å². The maximum atomic E-state index is 12.0. The van der Waals surface area contributed by atoms with Gasteiger partial charge in [-0.15, -0.1) is 0 Å². The van der Waals surface area contributed by atoms with E-state index in [-0.39, 0.29) is 12.7 Å². The molecule has 1 aromatic heterocycles. The molecule has 1 aromatic carbocycles. The van der Waals surface area contributed by atoms with E-state index in [0.29, 0.717) is 70.6 Å². The van der Waals surface area contributed by atoms with Crippen LogP contribution in [0.5, 0.6) is 5.75 Å². The van der Waals surface area contributed by atoms with Crippen molar-refractivity contribution < 1.29 is 19.4 Å². The van der Waals surface area contributed by atoms with Gasteiger partial charge in [-0.2, -0.15) is 0 Å². The summed E-state index contributed by atoms with van der Waals surface area (Å²) in [7, 11) is 3.07. The van der Waals surface area contributed by atoms with Gasteiger partial charge in [0.25, 0.3) is 0 Å². The van der Waals surface area contributed by atoms with Gasteiger partial charge in [-0.1, -0.05) is 24.9 Å². The predicted octanol–water partition coefficient (Wildman–Crippen LogP) is 4.46. The number of hydrogen-bond donors (Lipinski definition) is 2. The normalized spacial score (nSPS) is 16.5. The number of aliphatic hydroxyl groups is 1. The zero-order valence-electron chi connectivity index (χ0n) is 23.1. The molecular weight excluding hydrogens is 600 g/mol. The Balaban J connectivity index is 1.73. The molecule has 214 valence electrons. The minimum Gasteiger partial charge on any atom is -0.491 e. The van der Waals surface area contributed by atoms with Gasteiger partial charge in [0, 0.05) is 50.6 Å². The van der Waals surface area contributed by atoms with Gasteiger partial charge in [-0.25, -0.2) is 14.8 Å². The number of rotatable bonds is 9. The Morgan fingerprint density at radius 2 is 1.98 bits per heavy atom. The number of amides is 1. The Bertz CT molecular complexity index is 1360. The Labute approximate surface area is 247 Å². The fourth-order valence-corrected chi connectivity index (χ4v) is 5.50. The maximum absolute atomic E-state index is 12.0. The lowest BCUT2D eigenvalue weighted by atomic mass is 10.1. The van der Waals surface area contributed by atoms with Gasteiger partial charge in [0.05, 0.1) is 34.1 Å². The molecule has 0 spiro atoms. The van der Waals surface area contributed by atoms with Crippen molar-refractivity contribution in [1.29, 1.82) is 0 Å². The van der Waals surface area contributed by atoms with Gasteiger partial charge < -0.3 is 30.1 Å². The number of benzene rings is 1. The largest absolute Gasteiger partial charge is 0.491 e. The summed E-state index contributed by atoms with van der Waals surface area (Å²) in [5.41, 5.74) is 10.8. The molecule has 0 saturated heterocycles. The second-order valence-corrected chi connectivity index (χ2v) is 11.0. The van der Waals surface area contributed by atoms with Crippen molar-refractivity contribution in [1.82, 2.24) is 14.9 Å². The van der Waals surface area contributed by atoms with Crippen molar-refractivity contribution >= 4 is 45.2 Å². The summed E-state index contributed by atoms with van der Waals surface area (Å²) in [6.07, 6.45) is 2.07. The number of ether oxygens (including phenoxy) is 2. The molecule has 12 heteroatoms. The quantitative estimate of drug-likeness (QED) is 0.306. The summed E-state index contributed by atoms with van der Waals surface area (Å²) in [6.45, 7) is 6.45. The van der Waals surface area contributed by atoms with Gasteiger partial charge in [-0.3, -0.25) is 4.99 Å². The van der Waals surface area contributed by atoms with Crippen LogP contribution in [0.2, 0.25) is 5.02 Å². The molecule has 3 heterocycles. The summed E-state index contributed by atoms with van der Waals surface area (Å²) in [6, 6.07) is 5.28. The number of nitrogens with two attached hydrogens (primary N) is 1. The lowest BCUT2D eigenvalue weighted by Crippen LogP contribution is -2.34. The fraction of sp³-hybridized carbons (Fsp3) is 0.429. The number of methoxy groups -OCH3 is 1. The summed E-state index contributed by atoms with van der Waals surface area (Å²) < 4.78 is 11.4. The zero-order valence-corrected chi connectivity index (χ0v) is 25.4. The van der Waals surface area contributed by atoms with E-state index in [0.717, 1.165) is 17.8 Å². The first-order valence-electron chi connectivity index (χ1n) is 13.0. The van der Waals surface area contributed by atoms with Crippen LogP contribution in [0.15, 0.2) is 45.0 Å². The molecule has 1 amide bonds. The Hall–Kier alpha value is -3.15. The van der Waals surface area contributed by atoms with Crippen molar-refractivity contribution in [2.75, 3.05) is 51.8 Å². The van der Waals surface area contributed by atoms with E-state index in [9.17, 15) is 9.90 Å². The minimum atomic E-state index is -0.554. The van der Waals surface area contributed by atoms with Crippen LogP contribution in [0.25, 0.3) is 11.4 Å². The average molecular weight is 634 g/mol. The molecule has 0 aliphatic carbocycles. The number of carbonyl (C=O) groups excluding carboxylic acids is 1. The molecule has 10 nitrogen and oxygen atoms in total. The van der Waals surface area contributed by atoms with Crippen LogP contribution < -0.4 is 15.4 Å². The molecule has 2 aliphatic heterocycles. The molecule has 0 radical (unpaired) electrons. The topological polar surface area (TPSA) is 126 Å². The summed E-state index contributed by atoms with van der Waals surface area (Å²) in [5.74, 6) is 1.69. The van der Waals surface area contributed by atoms with E-state index < -0.39 is 6.10 Å². The lowest BCUT2D eigenvalue weighted by Gasteiger charge is -2.25. The molecule has 3 N–H and O–H groups in total. The summed E-state index contributed by atoms with van der Waals surface area (Å²) in [4.78, 5) is 30.2. The van der Waals surface area contributed by atoms with Gasteiger partial charge in [-0.05, 0) is 58.6 Å². The summed E-state index contributed by atoms with van der Waals surface area (Å²) >= 11 is 10.2. The molecule has 0 saturated carbocycles. The number of aliphatic imine (C=N–C) groups is 1. The number of allylic oxidation sites excluding steroid dienone is 1. The van der Waals surface area contributed by atoms with E-state index in [4.69, 9.17) is 36.8 Å². The van der Waals surface area contributed by atoms with Crippen molar-refractivity contribution in [3.8, 4) is 17.1 Å². The average Bonchev–Trinajstić information content (AvgIpc) is 3.53. The highest BCUT2D eigenvalue weighted by molar-refractivity contribution is 9.12. The van der Waals surface area contributed by atoms with Crippen molar-refractivity contribution in [2.24, 2.45) is 10.7 Å². The van der Waals surface area contributed by atoms with E-state index in [1.807, 2.05) is 13.8 Å². The molecule has 40 heavy (non-hydrogen) atoms. The number of aromatic nitrogens is 2. The number of aliphatic hydroxyl groups excluding tert-OH is 1. The number of anilines is 1. The first-order chi connectivity index (χ1) is 19.2. The van der Waals surface area contributed by atoms with Gasteiger partial charge in [0.2, 0.25) is 0 Å². The number of halogens is 2. The maximum Gasteiger partial charge on any atom is 0.410 e. The molecule has 0 bridgehead atoms. The molecule has 0 unspecified atom stereocenters. The fourth-order valence-electron chi connectivity index (χ4n) is 4.93. The smallest absolute Gasteiger partial charge is 0.410 e. The number of hydrogen-bond acceptors (Lipinski definition) is 9. The van der Waals surface area contributed by atoms with Crippen LogP contribution in [0, 0.1) is 6.92 Å². The van der Waals surface area contributed by atoms with Crippen LogP contribution in [0.1, 0.15) is 31.0 Å². The summed E-state index contributed by atoms with van der Waals surface area (Å²) in [5, 5.41) is 10.6. The second-order valence-electron chi connectivity index (χ2n) is 9.72. The standard InChI is InChI=1S/C28H34BrClN6O4/c1-5-6-19(37)15-40-20-7-8-23(30)21(9-20)26-33-24(25(32-3)22(29)10-31)16(2)27(34-26)35-11-17-13-36(28(38)39-4)14-18(17)12-35/h7-10,19,37H,5-6,11-15,31H2,1-4H3/t19-/m1/s1. The highest BCUT2D eigenvalue weighted by atomic mass is 79.9. The SMILES string of the molecule is CCC[C@@H](O)COc1ccc(Cl)c(-c2nc(C(=NC)C(Br)=CN)c(C)c(N3CC4=C(CN(C(=O)OC)C4)C3)n2)c1. The molecule has 1 atom stereocenters. The third-order valence-electron chi connectivity index (χ3n) is 6.94. The minimum absolute atomic E-state index is 0.175. The Kier molecular flexibility index (Phi) is 9.70. The molecular formula is C28H34BrClN6O4. The van der Waals surface area contributed by atoms with E-state index in [2.05, 4.69) is 25.8 Å². The monoisotopic (exact) mass is 632 g/mol. The number of carbonyl (C=O) groups is 1. The van der Waals surface area contributed by atoms with Crippen LogP contribution in [-0.4, -0.2) is 84.8 Å². The Morgan fingerprint density at radius 3 is 2.58 bits per heavy atom. The first-order valence-corrected chi connectivity index (χ1v) is 14.2. The van der Waals surface area contributed by atoms with Crippen molar-refractivity contribution in [2.45, 2.75) is 32.8 Å². The van der Waals surface area contributed by atoms with Gasteiger partial charge in [0.1, 0.15) is 18.2 Å². The van der Waals surface area contributed by atoms with E-state index in [1.165, 1.54) is 24.5 Å². The predicted molar refractivity (Wildman–Crippen MR) is 161 cm³/mol. The van der Waals surface area contributed by atoms with Crippen molar-refractivity contribution in [3.05, 3.63) is 56.3 Å². The Morgan fingerprint density at radius 1 is 1.27 bits per heavy atom. The number of nitrogens with zero attached hydrogens (tertiary/aromatic N) is 5. The van der Waals surface area contributed by atoms with Gasteiger partial charge in [0.15, 0.2) is 5.82 Å². The van der Waals surface area contributed by atoms with Crippen LogP contribution >= 0.6 is 27.5 Å². The zero-order chi connectivity index (χ0) is 29.0. The molecule has 2 aliphatic rings. The second kappa shape index (κ2) is 13.0. The molecule has 2 aromatic rings. The highest BCUT2D eigenvalue weighted by Gasteiger charge is 2.34. The third-order valence-corrected chi connectivity index (χ3v) is 7.91. The van der Waals surface area contributed by atoms with E-state index in [1.54, 1.807) is 30.1 Å². The first kappa shape index (κ1) is 29.8. The van der Waals surface area contributed by atoms with Crippen LogP contribution in [-0.2, 0) is 4.74 Å². The van der Waals surface area contributed by atoms with E-state index >= 15 is 0 Å². The molecule has 4 rings (SSSR count). The lowest BCUT2D eigenvalue weighted by molar-refractivity contribution is 0.0994. The highest BCUT2D eigenvalue weighted by Crippen LogP contribution is 2.36. The van der Waals surface area contributed by atoms with Crippen molar-refractivity contribution in [3.63, 3.8) is 0 Å². The third kappa shape index (κ3) is 6.26. The van der Waals surface area contributed by atoms with Crippen LogP contribution in [0.3, 0.4) is 0 Å².